The Hall–Kier alpha value is -2.30. The molecule has 0 unspecified atom stereocenters. The second kappa shape index (κ2) is 3.83. The van der Waals surface area contributed by atoms with E-state index >= 15 is 0 Å². The van der Waals surface area contributed by atoms with Crippen LogP contribution in [0.3, 0.4) is 0 Å². The minimum Gasteiger partial charge on any atom is -0.258 e. The fourth-order valence-corrected chi connectivity index (χ4v) is 1.25. The van der Waals surface area contributed by atoms with Gasteiger partial charge in [0.15, 0.2) is 0 Å². The molecule has 0 saturated heterocycles. The molecule has 0 N–H and O–H groups in total. The maximum Gasteiger partial charge on any atom is 0.270 e. The van der Waals surface area contributed by atoms with Crippen LogP contribution in [0.15, 0.2) is 43.0 Å². The Bertz CT molecular complexity index is 485. The van der Waals surface area contributed by atoms with Gasteiger partial charge in [-0.2, -0.15) is 0 Å². The van der Waals surface area contributed by atoms with Gasteiger partial charge in [-0.3, -0.25) is 10.1 Å². The van der Waals surface area contributed by atoms with Crippen molar-refractivity contribution in [3.05, 3.63) is 53.1 Å². The molecule has 74 valence electrons. The molecule has 1 aromatic heterocycles. The fourth-order valence-electron chi connectivity index (χ4n) is 1.25. The van der Waals surface area contributed by atoms with Crippen LogP contribution in [0.2, 0.25) is 0 Å². The zero-order valence-corrected chi connectivity index (χ0v) is 7.70. The summed E-state index contributed by atoms with van der Waals surface area (Å²) in [7, 11) is 0. The second-order valence-electron chi connectivity index (χ2n) is 2.93. The Morgan fingerprint density at radius 2 is 1.87 bits per heavy atom. The molecular formula is C10H7N3O2. The van der Waals surface area contributed by atoms with Crippen LogP contribution < -0.4 is 0 Å². The lowest BCUT2D eigenvalue weighted by atomic mass is 10.1. The van der Waals surface area contributed by atoms with Gasteiger partial charge in [0.25, 0.3) is 5.69 Å². The number of hydrogen-bond donors (Lipinski definition) is 0. The number of nitro groups is 1. The first-order chi connectivity index (χ1) is 7.27. The standard InChI is InChI=1S/C10H7N3O2/c14-13(15)10-3-1-2-8(4-10)9-5-11-7-12-6-9/h1-7H. The highest BCUT2D eigenvalue weighted by Gasteiger charge is 2.06. The van der Waals surface area contributed by atoms with Crippen LogP contribution in [-0.2, 0) is 0 Å². The first-order valence-corrected chi connectivity index (χ1v) is 4.27. The van der Waals surface area contributed by atoms with E-state index in [0.717, 1.165) is 11.1 Å². The van der Waals surface area contributed by atoms with Crippen molar-refractivity contribution in [3.8, 4) is 11.1 Å². The van der Waals surface area contributed by atoms with Crippen LogP contribution in [0.25, 0.3) is 11.1 Å². The van der Waals surface area contributed by atoms with E-state index in [9.17, 15) is 10.1 Å². The highest BCUT2D eigenvalue weighted by Crippen LogP contribution is 2.21. The van der Waals surface area contributed by atoms with Gasteiger partial charge >= 0.3 is 0 Å². The van der Waals surface area contributed by atoms with Gasteiger partial charge in [-0.1, -0.05) is 12.1 Å². The number of nitro benzene ring substituents is 1. The smallest absolute Gasteiger partial charge is 0.258 e. The van der Waals surface area contributed by atoms with E-state index in [1.807, 2.05) is 0 Å². The number of non-ortho nitro benzene ring substituents is 1. The SMILES string of the molecule is O=[N+]([O-])c1cccc(-c2cncnc2)c1. The van der Waals surface area contributed by atoms with Gasteiger partial charge in [-0.05, 0) is 5.56 Å². The van der Waals surface area contributed by atoms with Gasteiger partial charge < -0.3 is 0 Å². The summed E-state index contributed by atoms with van der Waals surface area (Å²) in [6, 6.07) is 6.37. The maximum absolute atomic E-state index is 10.6. The van der Waals surface area contributed by atoms with Crippen molar-refractivity contribution >= 4 is 5.69 Å². The lowest BCUT2D eigenvalue weighted by Gasteiger charge is -1.99. The summed E-state index contributed by atoms with van der Waals surface area (Å²) in [5, 5.41) is 10.6. The Balaban J connectivity index is 2.46. The van der Waals surface area contributed by atoms with Crippen molar-refractivity contribution in [1.29, 1.82) is 0 Å². The minimum atomic E-state index is -0.423. The number of hydrogen-bond acceptors (Lipinski definition) is 4. The molecule has 15 heavy (non-hydrogen) atoms. The Morgan fingerprint density at radius 1 is 1.13 bits per heavy atom. The third-order valence-corrected chi connectivity index (χ3v) is 1.95. The lowest BCUT2D eigenvalue weighted by Crippen LogP contribution is -1.88. The second-order valence-corrected chi connectivity index (χ2v) is 2.93. The van der Waals surface area contributed by atoms with Crippen LogP contribution in [0.1, 0.15) is 0 Å². The summed E-state index contributed by atoms with van der Waals surface area (Å²) in [6.45, 7) is 0. The molecule has 0 amide bonds. The molecule has 0 fully saturated rings. The van der Waals surface area contributed by atoms with Crippen molar-refractivity contribution in [2.75, 3.05) is 0 Å². The van der Waals surface area contributed by atoms with Crippen molar-refractivity contribution in [2.45, 2.75) is 0 Å². The molecule has 0 aliphatic rings. The molecule has 2 rings (SSSR count). The summed E-state index contributed by atoms with van der Waals surface area (Å²) in [5.74, 6) is 0. The predicted molar refractivity (Wildman–Crippen MR) is 54.1 cm³/mol. The number of benzene rings is 1. The molecule has 2 aromatic rings. The number of rotatable bonds is 2. The Kier molecular flexibility index (Phi) is 2.37. The molecule has 0 spiro atoms. The van der Waals surface area contributed by atoms with Crippen LogP contribution in [0.4, 0.5) is 5.69 Å². The molecule has 0 aliphatic carbocycles. The van der Waals surface area contributed by atoms with E-state index in [0.29, 0.717) is 0 Å². The first-order valence-electron chi connectivity index (χ1n) is 4.27. The molecule has 0 radical (unpaired) electrons. The summed E-state index contributed by atoms with van der Waals surface area (Å²) in [4.78, 5) is 17.8. The highest BCUT2D eigenvalue weighted by molar-refractivity contribution is 5.64. The van der Waals surface area contributed by atoms with Crippen molar-refractivity contribution in [3.63, 3.8) is 0 Å². The average Bonchev–Trinajstić information content (AvgIpc) is 2.30. The Morgan fingerprint density at radius 3 is 2.53 bits per heavy atom. The summed E-state index contributed by atoms with van der Waals surface area (Å²) in [6.07, 6.45) is 4.65. The third-order valence-electron chi connectivity index (χ3n) is 1.95. The minimum absolute atomic E-state index is 0.0661. The Labute approximate surface area is 85.6 Å². The van der Waals surface area contributed by atoms with E-state index in [1.165, 1.54) is 18.5 Å². The van der Waals surface area contributed by atoms with Gasteiger partial charge in [0, 0.05) is 30.1 Å². The van der Waals surface area contributed by atoms with Crippen molar-refractivity contribution in [2.24, 2.45) is 0 Å². The molecule has 0 bridgehead atoms. The van der Waals surface area contributed by atoms with E-state index in [1.54, 1.807) is 24.5 Å². The quantitative estimate of drug-likeness (QED) is 0.550. The molecule has 0 saturated carbocycles. The van der Waals surface area contributed by atoms with Crippen LogP contribution in [-0.4, -0.2) is 14.9 Å². The van der Waals surface area contributed by atoms with Crippen LogP contribution in [0, 0.1) is 10.1 Å². The van der Waals surface area contributed by atoms with E-state index in [-0.39, 0.29) is 5.69 Å². The van der Waals surface area contributed by atoms with E-state index < -0.39 is 4.92 Å². The molecule has 5 heteroatoms. The number of nitrogens with zero attached hydrogens (tertiary/aromatic N) is 3. The van der Waals surface area contributed by atoms with Gasteiger partial charge in [0.2, 0.25) is 0 Å². The molecule has 1 aromatic carbocycles. The van der Waals surface area contributed by atoms with Crippen LogP contribution >= 0.6 is 0 Å². The summed E-state index contributed by atoms with van der Waals surface area (Å²) in [5.41, 5.74) is 1.57. The average molecular weight is 201 g/mol. The lowest BCUT2D eigenvalue weighted by molar-refractivity contribution is -0.384. The topological polar surface area (TPSA) is 68.9 Å². The largest absolute Gasteiger partial charge is 0.270 e. The predicted octanol–water partition coefficient (Wildman–Crippen LogP) is 2.05. The fraction of sp³-hybridized carbons (Fsp3) is 0. The van der Waals surface area contributed by atoms with Crippen molar-refractivity contribution < 1.29 is 4.92 Å². The van der Waals surface area contributed by atoms with Gasteiger partial charge in [0.1, 0.15) is 6.33 Å². The molecule has 0 atom stereocenters. The monoisotopic (exact) mass is 201 g/mol. The molecule has 1 heterocycles. The van der Waals surface area contributed by atoms with Crippen molar-refractivity contribution in [1.82, 2.24) is 9.97 Å². The van der Waals surface area contributed by atoms with Gasteiger partial charge in [-0.25, -0.2) is 9.97 Å². The van der Waals surface area contributed by atoms with E-state index in [2.05, 4.69) is 9.97 Å². The summed E-state index contributed by atoms with van der Waals surface area (Å²) >= 11 is 0. The third kappa shape index (κ3) is 1.96. The molecule has 0 aliphatic heterocycles. The van der Waals surface area contributed by atoms with Gasteiger partial charge in [0.05, 0.1) is 4.92 Å². The normalized spacial score (nSPS) is 9.87. The molecular weight excluding hydrogens is 194 g/mol. The maximum atomic E-state index is 10.6. The van der Waals surface area contributed by atoms with E-state index in [4.69, 9.17) is 0 Å². The van der Waals surface area contributed by atoms with Gasteiger partial charge in [-0.15, -0.1) is 0 Å². The summed E-state index contributed by atoms with van der Waals surface area (Å²) < 4.78 is 0. The zero-order valence-electron chi connectivity index (χ0n) is 7.70. The molecule has 5 nitrogen and oxygen atoms in total. The highest BCUT2D eigenvalue weighted by atomic mass is 16.6. The zero-order chi connectivity index (χ0) is 10.7. The van der Waals surface area contributed by atoms with Crippen LogP contribution in [0.5, 0.6) is 0 Å². The first kappa shape index (κ1) is 9.26. The number of aromatic nitrogens is 2.